The van der Waals surface area contributed by atoms with Gasteiger partial charge in [-0.3, -0.25) is 14.6 Å². The number of urea groups is 1. The van der Waals surface area contributed by atoms with E-state index >= 15 is 0 Å². The maximum absolute atomic E-state index is 13.5. The molecule has 0 atom stereocenters. The largest absolute Gasteiger partial charge is 0.339 e. The maximum Gasteiger partial charge on any atom is 0.325 e. The van der Waals surface area contributed by atoms with Gasteiger partial charge in [0.1, 0.15) is 6.54 Å². The van der Waals surface area contributed by atoms with Gasteiger partial charge in [0.15, 0.2) is 11.6 Å². The Balaban J connectivity index is 1.29. The molecule has 158 valence electrons. The zero-order valence-corrected chi connectivity index (χ0v) is 16.7. The highest BCUT2D eigenvalue weighted by atomic mass is 19.2. The molecule has 1 aromatic carbocycles. The van der Waals surface area contributed by atoms with Crippen molar-refractivity contribution in [1.82, 2.24) is 14.7 Å². The first kappa shape index (κ1) is 20.1. The smallest absolute Gasteiger partial charge is 0.325 e. The molecular weight excluding hydrogens is 378 g/mol. The Bertz CT molecular complexity index is 761. The Morgan fingerprint density at radius 3 is 2.34 bits per heavy atom. The van der Waals surface area contributed by atoms with E-state index in [1.165, 1.54) is 48.0 Å². The van der Waals surface area contributed by atoms with Gasteiger partial charge in [0, 0.05) is 57.1 Å². The highest BCUT2D eigenvalue weighted by Gasteiger charge is 2.33. The van der Waals surface area contributed by atoms with Crippen molar-refractivity contribution in [3.05, 3.63) is 29.8 Å². The molecule has 3 aliphatic rings. The van der Waals surface area contributed by atoms with Gasteiger partial charge in [0.25, 0.3) is 0 Å². The average Bonchev–Trinajstić information content (AvgIpc) is 3.11. The third-order valence-corrected chi connectivity index (χ3v) is 6.39. The lowest BCUT2D eigenvalue weighted by Gasteiger charge is -2.41. The van der Waals surface area contributed by atoms with Crippen molar-refractivity contribution >= 4 is 17.6 Å². The maximum atomic E-state index is 13.5. The fourth-order valence-electron chi connectivity index (χ4n) is 4.67. The SMILES string of the molecule is O=C(CN1CCN(c2ccc(F)c(F)c2)C1=O)N1CCN(C2CCCCC2)CC1. The summed E-state index contributed by atoms with van der Waals surface area (Å²) in [5, 5.41) is 0. The number of piperazine rings is 1. The normalized spacial score (nSPS) is 21.9. The van der Waals surface area contributed by atoms with E-state index in [-0.39, 0.29) is 18.5 Å². The van der Waals surface area contributed by atoms with Crippen LogP contribution in [0.5, 0.6) is 0 Å². The Hall–Kier alpha value is -2.22. The van der Waals surface area contributed by atoms with Crippen molar-refractivity contribution in [2.24, 2.45) is 0 Å². The van der Waals surface area contributed by atoms with Crippen LogP contribution in [0.25, 0.3) is 0 Å². The van der Waals surface area contributed by atoms with Crippen LogP contribution >= 0.6 is 0 Å². The van der Waals surface area contributed by atoms with Crippen LogP contribution in [0.1, 0.15) is 32.1 Å². The van der Waals surface area contributed by atoms with Crippen LogP contribution < -0.4 is 4.90 Å². The third-order valence-electron chi connectivity index (χ3n) is 6.39. The van der Waals surface area contributed by atoms with Crippen LogP contribution in [0, 0.1) is 11.6 Å². The molecule has 8 heteroatoms. The molecule has 0 aromatic heterocycles. The lowest BCUT2D eigenvalue weighted by molar-refractivity contribution is -0.133. The van der Waals surface area contributed by atoms with E-state index in [1.54, 1.807) is 0 Å². The van der Waals surface area contributed by atoms with Crippen molar-refractivity contribution in [3.8, 4) is 0 Å². The Kier molecular flexibility index (Phi) is 5.99. The van der Waals surface area contributed by atoms with Gasteiger partial charge in [-0.1, -0.05) is 19.3 Å². The molecule has 1 saturated carbocycles. The van der Waals surface area contributed by atoms with Crippen molar-refractivity contribution < 1.29 is 18.4 Å². The minimum absolute atomic E-state index is 0.0302. The van der Waals surface area contributed by atoms with Crippen LogP contribution in [0.3, 0.4) is 0 Å². The fourth-order valence-corrected chi connectivity index (χ4v) is 4.67. The highest BCUT2D eigenvalue weighted by molar-refractivity contribution is 5.96. The van der Waals surface area contributed by atoms with E-state index in [9.17, 15) is 18.4 Å². The summed E-state index contributed by atoms with van der Waals surface area (Å²) in [6, 6.07) is 3.73. The lowest BCUT2D eigenvalue weighted by Crippen LogP contribution is -2.54. The van der Waals surface area contributed by atoms with Crippen molar-refractivity contribution in [1.29, 1.82) is 0 Å². The van der Waals surface area contributed by atoms with Gasteiger partial charge >= 0.3 is 6.03 Å². The summed E-state index contributed by atoms with van der Waals surface area (Å²) in [4.78, 5) is 32.6. The van der Waals surface area contributed by atoms with Crippen LogP contribution in [0.4, 0.5) is 19.3 Å². The fraction of sp³-hybridized carbons (Fsp3) is 0.619. The number of rotatable bonds is 4. The topological polar surface area (TPSA) is 47.1 Å². The van der Waals surface area contributed by atoms with Crippen molar-refractivity contribution in [2.45, 2.75) is 38.1 Å². The molecule has 0 radical (unpaired) electrons. The second kappa shape index (κ2) is 8.65. The summed E-state index contributed by atoms with van der Waals surface area (Å²) in [5.41, 5.74) is 0.310. The molecule has 1 aromatic rings. The molecule has 0 bridgehead atoms. The average molecular weight is 406 g/mol. The van der Waals surface area contributed by atoms with E-state index in [0.717, 1.165) is 25.2 Å². The van der Waals surface area contributed by atoms with Gasteiger partial charge in [-0.15, -0.1) is 0 Å². The van der Waals surface area contributed by atoms with Gasteiger partial charge in [-0.2, -0.15) is 0 Å². The number of anilines is 1. The number of amides is 3. The summed E-state index contributed by atoms with van der Waals surface area (Å²) in [6.45, 7) is 3.96. The summed E-state index contributed by atoms with van der Waals surface area (Å²) >= 11 is 0. The molecule has 4 rings (SSSR count). The van der Waals surface area contributed by atoms with Crippen molar-refractivity contribution in [3.63, 3.8) is 0 Å². The third kappa shape index (κ3) is 4.37. The summed E-state index contributed by atoms with van der Waals surface area (Å²) in [5.74, 6) is -1.98. The number of carbonyl (C=O) groups is 2. The quantitative estimate of drug-likeness (QED) is 0.773. The number of benzene rings is 1. The van der Waals surface area contributed by atoms with Gasteiger partial charge in [0.05, 0.1) is 0 Å². The zero-order chi connectivity index (χ0) is 20.4. The Morgan fingerprint density at radius 2 is 1.66 bits per heavy atom. The first-order valence-electron chi connectivity index (χ1n) is 10.6. The second-order valence-corrected chi connectivity index (χ2v) is 8.16. The molecule has 3 fully saturated rings. The zero-order valence-electron chi connectivity index (χ0n) is 16.7. The molecule has 29 heavy (non-hydrogen) atoms. The van der Waals surface area contributed by atoms with Gasteiger partial charge in [0.2, 0.25) is 5.91 Å². The molecule has 2 heterocycles. The summed E-state index contributed by atoms with van der Waals surface area (Å²) in [7, 11) is 0. The van der Waals surface area contributed by atoms with Crippen molar-refractivity contribution in [2.75, 3.05) is 50.7 Å². The number of carbonyl (C=O) groups excluding carboxylic acids is 2. The van der Waals surface area contributed by atoms with E-state index in [4.69, 9.17) is 0 Å². The second-order valence-electron chi connectivity index (χ2n) is 8.16. The molecule has 0 spiro atoms. The molecule has 6 nitrogen and oxygen atoms in total. The molecule has 2 aliphatic heterocycles. The van der Waals surface area contributed by atoms with Crippen LogP contribution in [0.2, 0.25) is 0 Å². The summed E-state index contributed by atoms with van der Waals surface area (Å²) < 4.78 is 26.6. The first-order valence-corrected chi connectivity index (χ1v) is 10.6. The van der Waals surface area contributed by atoms with E-state index in [1.807, 2.05) is 4.90 Å². The number of hydrogen-bond acceptors (Lipinski definition) is 3. The van der Waals surface area contributed by atoms with Crippen LogP contribution in [0.15, 0.2) is 18.2 Å². The van der Waals surface area contributed by atoms with E-state index < -0.39 is 11.6 Å². The van der Waals surface area contributed by atoms with Gasteiger partial charge in [-0.25, -0.2) is 13.6 Å². The number of hydrogen-bond donors (Lipinski definition) is 0. The van der Waals surface area contributed by atoms with Gasteiger partial charge < -0.3 is 9.80 Å². The predicted molar refractivity (Wildman–Crippen MR) is 106 cm³/mol. The van der Waals surface area contributed by atoms with E-state index in [0.29, 0.717) is 37.9 Å². The standard InChI is InChI=1S/C21H28F2N4O2/c22-18-7-6-17(14-19(18)23)27-13-12-26(21(27)29)15-20(28)25-10-8-24(9-11-25)16-4-2-1-3-5-16/h6-7,14,16H,1-5,8-13,15H2. The van der Waals surface area contributed by atoms with Gasteiger partial charge in [-0.05, 0) is 25.0 Å². The minimum atomic E-state index is -0.985. The molecule has 0 unspecified atom stereocenters. The molecule has 1 aliphatic carbocycles. The number of nitrogens with zero attached hydrogens (tertiary/aromatic N) is 4. The minimum Gasteiger partial charge on any atom is -0.339 e. The first-order chi connectivity index (χ1) is 14.0. The summed E-state index contributed by atoms with van der Waals surface area (Å²) in [6.07, 6.45) is 6.46. The lowest BCUT2D eigenvalue weighted by atomic mass is 9.94. The monoisotopic (exact) mass is 406 g/mol. The molecule has 2 saturated heterocycles. The van der Waals surface area contributed by atoms with Crippen LogP contribution in [-0.4, -0.2) is 78.5 Å². The molecule has 3 amide bonds. The predicted octanol–water partition coefficient (Wildman–Crippen LogP) is 2.68. The Morgan fingerprint density at radius 1 is 0.931 bits per heavy atom. The number of halogens is 2. The molecule has 0 N–H and O–H groups in total. The van der Waals surface area contributed by atoms with Crippen LogP contribution in [-0.2, 0) is 4.79 Å². The highest BCUT2D eigenvalue weighted by Crippen LogP contribution is 2.24. The Labute approximate surface area is 170 Å². The molecular formula is C21H28F2N4O2. The van der Waals surface area contributed by atoms with E-state index in [2.05, 4.69) is 4.90 Å².